The molecule has 2 atom stereocenters. The number of benzene rings is 1. The topological polar surface area (TPSA) is 15.3 Å². The van der Waals surface area contributed by atoms with Gasteiger partial charge in [-0.3, -0.25) is 4.90 Å². The summed E-state index contributed by atoms with van der Waals surface area (Å²) in [6.45, 7) is 2.35. The molecule has 1 N–H and O–H groups in total. The van der Waals surface area contributed by atoms with E-state index in [0.29, 0.717) is 23.1 Å². The van der Waals surface area contributed by atoms with Gasteiger partial charge in [-0.1, -0.05) is 0 Å². The van der Waals surface area contributed by atoms with Crippen LogP contribution in [0.5, 0.6) is 0 Å². The molecule has 0 aliphatic carbocycles. The molecule has 2 fully saturated rings. The normalized spacial score (nSPS) is 27.4. The van der Waals surface area contributed by atoms with E-state index >= 15 is 0 Å². The van der Waals surface area contributed by atoms with E-state index in [9.17, 15) is 8.78 Å². The largest absolute Gasteiger partial charge is 0.312 e. The lowest BCUT2D eigenvalue weighted by Gasteiger charge is -2.29. The van der Waals surface area contributed by atoms with Gasteiger partial charge in [0.15, 0.2) is 0 Å². The zero-order valence-electron chi connectivity index (χ0n) is 11.3. The predicted octanol–water partition coefficient (Wildman–Crippen LogP) is 3.44. The summed E-state index contributed by atoms with van der Waals surface area (Å²) in [6.07, 6.45) is 4.61. The Hall–Kier alpha value is -0.520. The number of halogens is 3. The lowest BCUT2D eigenvalue weighted by Crippen LogP contribution is -2.43. The molecule has 0 amide bonds. The first kappa shape index (κ1) is 14.4. The minimum Gasteiger partial charge on any atom is -0.312 e. The number of rotatable bonds is 3. The van der Waals surface area contributed by atoms with Crippen molar-refractivity contribution in [2.75, 3.05) is 13.1 Å². The van der Waals surface area contributed by atoms with Crippen molar-refractivity contribution in [1.82, 2.24) is 10.2 Å². The van der Waals surface area contributed by atoms with Crippen LogP contribution < -0.4 is 5.32 Å². The first-order valence-corrected chi connectivity index (χ1v) is 8.06. The summed E-state index contributed by atoms with van der Waals surface area (Å²) in [4.78, 5) is 2.23. The van der Waals surface area contributed by atoms with Crippen molar-refractivity contribution in [2.45, 2.75) is 44.3 Å². The van der Waals surface area contributed by atoms with Crippen molar-refractivity contribution in [3.63, 3.8) is 0 Å². The molecular weight excluding hydrogens is 326 g/mol. The van der Waals surface area contributed by atoms with E-state index in [1.165, 1.54) is 25.0 Å². The molecule has 20 heavy (non-hydrogen) atoms. The fourth-order valence-corrected chi connectivity index (χ4v) is 3.83. The molecule has 0 radical (unpaired) electrons. The Morgan fingerprint density at radius 2 is 2.10 bits per heavy atom. The zero-order valence-corrected chi connectivity index (χ0v) is 12.9. The Morgan fingerprint density at radius 1 is 1.25 bits per heavy atom. The molecule has 2 aliphatic rings. The average Bonchev–Trinajstić information content (AvgIpc) is 3.09. The molecule has 3 rings (SSSR count). The van der Waals surface area contributed by atoms with E-state index in [4.69, 9.17) is 0 Å². The summed E-state index contributed by atoms with van der Waals surface area (Å²) in [5.41, 5.74) is 0.185. The van der Waals surface area contributed by atoms with E-state index < -0.39 is 11.6 Å². The van der Waals surface area contributed by atoms with Crippen LogP contribution in [0.1, 0.15) is 31.2 Å². The van der Waals surface area contributed by atoms with Gasteiger partial charge in [-0.25, -0.2) is 8.78 Å². The number of nitrogens with zero attached hydrogens (tertiary/aromatic N) is 1. The minimum absolute atomic E-state index is 0.185. The lowest BCUT2D eigenvalue weighted by atomic mass is 10.0. The van der Waals surface area contributed by atoms with Crippen LogP contribution in [0, 0.1) is 11.6 Å². The van der Waals surface area contributed by atoms with Gasteiger partial charge in [-0.05, 0) is 66.8 Å². The van der Waals surface area contributed by atoms with Crippen LogP contribution in [0.25, 0.3) is 0 Å². The van der Waals surface area contributed by atoms with Crippen molar-refractivity contribution >= 4 is 15.9 Å². The molecule has 2 aliphatic heterocycles. The Kier molecular flexibility index (Phi) is 4.38. The molecule has 0 bridgehead atoms. The van der Waals surface area contributed by atoms with Crippen LogP contribution >= 0.6 is 15.9 Å². The summed E-state index contributed by atoms with van der Waals surface area (Å²) >= 11 is 3.14. The van der Waals surface area contributed by atoms with E-state index in [1.54, 1.807) is 0 Å². The van der Waals surface area contributed by atoms with Crippen molar-refractivity contribution in [3.8, 4) is 0 Å². The van der Waals surface area contributed by atoms with Gasteiger partial charge in [0.05, 0.1) is 4.47 Å². The summed E-state index contributed by atoms with van der Waals surface area (Å²) in [5, 5.41) is 3.52. The number of nitrogens with one attached hydrogen (secondary N) is 1. The van der Waals surface area contributed by atoms with E-state index in [2.05, 4.69) is 26.1 Å². The van der Waals surface area contributed by atoms with Gasteiger partial charge >= 0.3 is 0 Å². The van der Waals surface area contributed by atoms with Gasteiger partial charge in [-0.15, -0.1) is 0 Å². The monoisotopic (exact) mass is 344 g/mol. The molecule has 0 aromatic heterocycles. The van der Waals surface area contributed by atoms with Gasteiger partial charge in [0.1, 0.15) is 11.6 Å². The third-order valence-electron chi connectivity index (χ3n) is 4.48. The minimum atomic E-state index is -0.463. The smallest absolute Gasteiger partial charge is 0.144 e. The molecule has 2 unspecified atom stereocenters. The summed E-state index contributed by atoms with van der Waals surface area (Å²) in [5.74, 6) is -0.911. The van der Waals surface area contributed by atoms with Crippen LogP contribution in [-0.4, -0.2) is 30.1 Å². The van der Waals surface area contributed by atoms with Crippen LogP contribution in [-0.2, 0) is 6.54 Å². The van der Waals surface area contributed by atoms with Crippen molar-refractivity contribution < 1.29 is 8.78 Å². The second-order valence-corrected chi connectivity index (χ2v) is 6.56. The number of hydrogen-bond acceptors (Lipinski definition) is 2. The number of likely N-dealkylation sites (tertiary alicyclic amines) is 1. The Labute approximate surface area is 126 Å². The van der Waals surface area contributed by atoms with E-state index in [1.807, 2.05) is 0 Å². The summed E-state index contributed by atoms with van der Waals surface area (Å²) in [7, 11) is 0. The first-order chi connectivity index (χ1) is 9.66. The Balaban J connectivity index is 1.78. The molecule has 2 heterocycles. The lowest BCUT2D eigenvalue weighted by molar-refractivity contribution is 0.201. The van der Waals surface area contributed by atoms with Crippen LogP contribution in [0.4, 0.5) is 8.78 Å². The number of hydrogen-bond donors (Lipinski definition) is 1. The predicted molar refractivity (Wildman–Crippen MR) is 78.5 cm³/mol. The zero-order chi connectivity index (χ0) is 14.1. The maximum atomic E-state index is 14.1. The maximum absolute atomic E-state index is 14.1. The van der Waals surface area contributed by atoms with Crippen molar-refractivity contribution in [2.24, 2.45) is 0 Å². The molecular formula is C15H19BrF2N2. The van der Waals surface area contributed by atoms with Gasteiger partial charge in [0.2, 0.25) is 0 Å². The fraction of sp³-hybridized carbons (Fsp3) is 0.600. The maximum Gasteiger partial charge on any atom is 0.144 e. The fourth-order valence-electron chi connectivity index (χ4n) is 3.46. The molecule has 5 heteroatoms. The highest BCUT2D eigenvalue weighted by molar-refractivity contribution is 9.10. The summed E-state index contributed by atoms with van der Waals surface area (Å²) < 4.78 is 28.3. The van der Waals surface area contributed by atoms with Gasteiger partial charge < -0.3 is 5.32 Å². The quantitative estimate of drug-likeness (QED) is 0.845. The van der Waals surface area contributed by atoms with Gasteiger partial charge in [0.25, 0.3) is 0 Å². The summed E-state index contributed by atoms with van der Waals surface area (Å²) in [6, 6.07) is 3.65. The molecule has 2 saturated heterocycles. The van der Waals surface area contributed by atoms with Crippen molar-refractivity contribution in [1.29, 1.82) is 0 Å². The van der Waals surface area contributed by atoms with Crippen LogP contribution in [0.15, 0.2) is 16.6 Å². The molecule has 110 valence electrons. The first-order valence-electron chi connectivity index (χ1n) is 7.26. The molecule has 0 spiro atoms. The SMILES string of the molecule is Fc1ccc(Br)c(F)c1CN1CCCC1C1CCCN1. The molecule has 2 nitrogen and oxygen atoms in total. The third kappa shape index (κ3) is 2.76. The molecule has 0 saturated carbocycles. The van der Waals surface area contributed by atoms with Crippen LogP contribution in [0.2, 0.25) is 0 Å². The highest BCUT2D eigenvalue weighted by atomic mass is 79.9. The molecule has 1 aromatic rings. The highest BCUT2D eigenvalue weighted by Gasteiger charge is 2.33. The Morgan fingerprint density at radius 3 is 2.85 bits per heavy atom. The van der Waals surface area contributed by atoms with Gasteiger partial charge in [0, 0.05) is 24.2 Å². The standard InChI is InChI=1S/C15H19BrF2N2/c16-11-5-6-12(17)10(15(11)18)9-20-8-2-4-14(20)13-3-1-7-19-13/h5-6,13-14,19H,1-4,7-9H2. The Bertz CT molecular complexity index is 489. The van der Waals surface area contributed by atoms with E-state index in [-0.39, 0.29) is 5.56 Å². The second kappa shape index (κ2) is 6.08. The highest BCUT2D eigenvalue weighted by Crippen LogP contribution is 2.29. The third-order valence-corrected chi connectivity index (χ3v) is 5.09. The van der Waals surface area contributed by atoms with Crippen molar-refractivity contribution in [3.05, 3.63) is 33.8 Å². The average molecular weight is 345 g/mol. The van der Waals surface area contributed by atoms with E-state index in [0.717, 1.165) is 25.9 Å². The van der Waals surface area contributed by atoms with Gasteiger partial charge in [-0.2, -0.15) is 0 Å². The second-order valence-electron chi connectivity index (χ2n) is 5.70. The van der Waals surface area contributed by atoms with Crippen LogP contribution in [0.3, 0.4) is 0 Å². The molecule has 1 aromatic carbocycles.